The van der Waals surface area contributed by atoms with Crippen LogP contribution < -0.4 is 0 Å². The molecule has 1 saturated carbocycles. The van der Waals surface area contributed by atoms with Crippen LogP contribution in [0.4, 0.5) is 0 Å². The average Bonchev–Trinajstić information content (AvgIpc) is 2.41. The fourth-order valence-corrected chi connectivity index (χ4v) is 2.90. The van der Waals surface area contributed by atoms with Crippen LogP contribution in [-0.2, 0) is 4.79 Å². The molecule has 2 aromatic carbocycles. The first-order valence-corrected chi connectivity index (χ1v) is 6.75. The van der Waals surface area contributed by atoms with E-state index in [1.165, 1.54) is 16.3 Å². The van der Waals surface area contributed by atoms with Crippen molar-refractivity contribution in [2.45, 2.75) is 32.1 Å². The molecule has 0 saturated heterocycles. The monoisotopic (exact) mass is 238 g/mol. The number of ketones is 1. The standard InChI is InChI=1S/C17H18O/c1-12-6-7-16(11-17(12)18)15-9-8-13-4-2-3-5-14(13)10-15/h2-5,8-10,12,16H,6-7,11H2,1H3/t12?,16-/m0/s1. The van der Waals surface area contributed by atoms with E-state index in [9.17, 15) is 4.79 Å². The summed E-state index contributed by atoms with van der Waals surface area (Å²) in [4.78, 5) is 11.8. The number of fused-ring (bicyclic) bond motifs is 1. The Morgan fingerprint density at radius 3 is 2.56 bits per heavy atom. The molecule has 0 amide bonds. The number of hydrogen-bond donors (Lipinski definition) is 0. The summed E-state index contributed by atoms with van der Waals surface area (Å²) in [6.07, 6.45) is 2.90. The fraction of sp³-hybridized carbons (Fsp3) is 0.353. The highest BCUT2D eigenvalue weighted by molar-refractivity contribution is 5.84. The Hall–Kier alpha value is -1.63. The SMILES string of the molecule is CC1CC[C@H](c2ccc3ccccc3c2)CC1=O. The first kappa shape index (κ1) is 11.5. The van der Waals surface area contributed by atoms with Crippen LogP contribution >= 0.6 is 0 Å². The highest BCUT2D eigenvalue weighted by Gasteiger charge is 2.26. The van der Waals surface area contributed by atoms with Crippen molar-refractivity contribution in [2.24, 2.45) is 5.92 Å². The van der Waals surface area contributed by atoms with Crippen molar-refractivity contribution in [3.8, 4) is 0 Å². The van der Waals surface area contributed by atoms with Gasteiger partial charge in [-0.1, -0.05) is 49.4 Å². The molecule has 3 rings (SSSR count). The molecule has 1 aliphatic carbocycles. The lowest BCUT2D eigenvalue weighted by molar-refractivity contribution is -0.124. The van der Waals surface area contributed by atoms with Crippen LogP contribution in [0.25, 0.3) is 10.8 Å². The third kappa shape index (κ3) is 2.05. The van der Waals surface area contributed by atoms with Crippen molar-refractivity contribution < 1.29 is 4.79 Å². The maximum Gasteiger partial charge on any atom is 0.136 e. The van der Waals surface area contributed by atoms with Crippen LogP contribution in [0.5, 0.6) is 0 Å². The van der Waals surface area contributed by atoms with Gasteiger partial charge in [-0.3, -0.25) is 4.79 Å². The second-order valence-corrected chi connectivity index (χ2v) is 5.45. The molecule has 0 aliphatic heterocycles. The van der Waals surface area contributed by atoms with E-state index < -0.39 is 0 Å². The molecule has 92 valence electrons. The van der Waals surface area contributed by atoms with Gasteiger partial charge in [0.15, 0.2) is 0 Å². The second-order valence-electron chi connectivity index (χ2n) is 5.45. The Labute approximate surface area is 108 Å². The quantitative estimate of drug-likeness (QED) is 0.723. The molecule has 1 aliphatic rings. The van der Waals surface area contributed by atoms with Crippen molar-refractivity contribution in [2.75, 3.05) is 0 Å². The second kappa shape index (κ2) is 4.56. The summed E-state index contributed by atoms with van der Waals surface area (Å²) < 4.78 is 0. The summed E-state index contributed by atoms with van der Waals surface area (Å²) in [7, 11) is 0. The number of carbonyl (C=O) groups is 1. The van der Waals surface area contributed by atoms with Gasteiger partial charge in [0, 0.05) is 12.3 Å². The maximum absolute atomic E-state index is 11.8. The predicted molar refractivity (Wildman–Crippen MR) is 74.7 cm³/mol. The molecule has 0 N–H and O–H groups in total. The molecule has 0 spiro atoms. The van der Waals surface area contributed by atoms with Crippen molar-refractivity contribution in [1.82, 2.24) is 0 Å². The molecule has 0 radical (unpaired) electrons. The van der Waals surface area contributed by atoms with E-state index in [4.69, 9.17) is 0 Å². The van der Waals surface area contributed by atoms with Crippen LogP contribution in [-0.4, -0.2) is 5.78 Å². The Bertz CT molecular complexity index is 585. The zero-order chi connectivity index (χ0) is 12.5. The number of rotatable bonds is 1. The first-order chi connectivity index (χ1) is 8.74. The van der Waals surface area contributed by atoms with Crippen molar-refractivity contribution in [1.29, 1.82) is 0 Å². The molecule has 1 nitrogen and oxygen atoms in total. The minimum absolute atomic E-state index is 0.265. The molecule has 1 fully saturated rings. The third-order valence-electron chi connectivity index (χ3n) is 4.19. The normalized spacial score (nSPS) is 24.4. The zero-order valence-corrected chi connectivity index (χ0v) is 10.7. The highest BCUT2D eigenvalue weighted by atomic mass is 16.1. The van der Waals surface area contributed by atoms with Crippen LogP contribution in [0.3, 0.4) is 0 Å². The summed E-state index contributed by atoms with van der Waals surface area (Å²) in [6.45, 7) is 2.05. The lowest BCUT2D eigenvalue weighted by Gasteiger charge is -2.25. The predicted octanol–water partition coefficient (Wildman–Crippen LogP) is 4.31. The fourth-order valence-electron chi connectivity index (χ4n) is 2.90. The summed E-state index contributed by atoms with van der Waals surface area (Å²) in [5.41, 5.74) is 1.33. The Balaban J connectivity index is 1.92. The summed E-state index contributed by atoms with van der Waals surface area (Å²) >= 11 is 0. The molecule has 2 aromatic rings. The molecule has 0 aromatic heterocycles. The van der Waals surface area contributed by atoms with E-state index in [1.807, 2.05) is 0 Å². The van der Waals surface area contributed by atoms with Crippen LogP contribution in [0.2, 0.25) is 0 Å². The van der Waals surface area contributed by atoms with Crippen molar-refractivity contribution in [3.63, 3.8) is 0 Å². The van der Waals surface area contributed by atoms with Gasteiger partial charge in [-0.25, -0.2) is 0 Å². The summed E-state index contributed by atoms with van der Waals surface area (Å²) in [5, 5.41) is 2.55. The van der Waals surface area contributed by atoms with Gasteiger partial charge >= 0.3 is 0 Å². The first-order valence-electron chi connectivity index (χ1n) is 6.75. The molecular formula is C17H18O. The lowest BCUT2D eigenvalue weighted by atomic mass is 9.78. The molecule has 0 heterocycles. The molecule has 1 heteroatoms. The minimum atomic E-state index is 0.265. The van der Waals surface area contributed by atoms with Gasteiger partial charge in [0.05, 0.1) is 0 Å². The Morgan fingerprint density at radius 1 is 1.00 bits per heavy atom. The van der Waals surface area contributed by atoms with Crippen molar-refractivity contribution >= 4 is 16.6 Å². The maximum atomic E-state index is 11.8. The van der Waals surface area contributed by atoms with Crippen LogP contribution in [0.15, 0.2) is 42.5 Å². The van der Waals surface area contributed by atoms with E-state index in [0.29, 0.717) is 11.7 Å². The lowest BCUT2D eigenvalue weighted by Crippen LogP contribution is -2.21. The van der Waals surface area contributed by atoms with Gasteiger partial charge in [0.2, 0.25) is 0 Å². The zero-order valence-electron chi connectivity index (χ0n) is 10.7. The Kier molecular flexibility index (Phi) is 2.91. The number of benzene rings is 2. The number of carbonyl (C=O) groups excluding carboxylic acids is 1. The van der Waals surface area contributed by atoms with Gasteiger partial charge in [-0.05, 0) is 35.1 Å². The average molecular weight is 238 g/mol. The summed E-state index contributed by atoms with van der Waals surface area (Å²) in [5.74, 6) is 1.12. The highest BCUT2D eigenvalue weighted by Crippen LogP contribution is 2.34. The molecule has 18 heavy (non-hydrogen) atoms. The van der Waals surface area contributed by atoms with Crippen molar-refractivity contribution in [3.05, 3.63) is 48.0 Å². The van der Waals surface area contributed by atoms with Gasteiger partial charge in [0.25, 0.3) is 0 Å². The molecule has 1 unspecified atom stereocenters. The molecule has 0 bridgehead atoms. The van der Waals surface area contributed by atoms with Crippen LogP contribution in [0, 0.1) is 5.92 Å². The van der Waals surface area contributed by atoms with Gasteiger partial charge in [-0.2, -0.15) is 0 Å². The number of hydrogen-bond acceptors (Lipinski definition) is 1. The van der Waals surface area contributed by atoms with E-state index in [-0.39, 0.29) is 5.92 Å². The third-order valence-corrected chi connectivity index (χ3v) is 4.19. The molecular weight excluding hydrogens is 220 g/mol. The van der Waals surface area contributed by atoms with Gasteiger partial charge in [0.1, 0.15) is 5.78 Å². The minimum Gasteiger partial charge on any atom is -0.299 e. The van der Waals surface area contributed by atoms with E-state index >= 15 is 0 Å². The van der Waals surface area contributed by atoms with Gasteiger partial charge in [-0.15, -0.1) is 0 Å². The smallest absolute Gasteiger partial charge is 0.136 e. The number of Topliss-reactive ketones (excluding diaryl/α,β-unsaturated/α-hetero) is 1. The Morgan fingerprint density at radius 2 is 1.78 bits per heavy atom. The topological polar surface area (TPSA) is 17.1 Å². The largest absolute Gasteiger partial charge is 0.299 e. The van der Waals surface area contributed by atoms with Crippen LogP contribution in [0.1, 0.15) is 37.7 Å². The molecule has 2 atom stereocenters. The van der Waals surface area contributed by atoms with E-state index in [1.54, 1.807) is 0 Å². The van der Waals surface area contributed by atoms with Gasteiger partial charge < -0.3 is 0 Å². The van der Waals surface area contributed by atoms with E-state index in [2.05, 4.69) is 49.4 Å². The van der Waals surface area contributed by atoms with E-state index in [0.717, 1.165) is 19.3 Å². The summed E-state index contributed by atoms with van der Waals surface area (Å²) in [6, 6.07) is 15.0.